The molecule has 5 nitrogen and oxygen atoms in total. The molecule has 2 saturated heterocycles. The first-order valence-electron chi connectivity index (χ1n) is 7.93. The maximum Gasteiger partial charge on any atom is 0.321 e. The number of hydrogen-bond acceptors (Lipinski definition) is 3. The highest BCUT2D eigenvalue weighted by Crippen LogP contribution is 2.22. The quantitative estimate of drug-likeness (QED) is 0.919. The maximum absolute atomic E-state index is 13.7. The Hall–Kier alpha value is -1.37. The largest absolute Gasteiger partial charge is 0.379 e. The summed E-state index contributed by atoms with van der Waals surface area (Å²) in [6.45, 7) is 5.86. The fourth-order valence-electron chi connectivity index (χ4n) is 3.10. The molecule has 2 fully saturated rings. The van der Waals surface area contributed by atoms with Crippen LogP contribution in [-0.4, -0.2) is 61.8 Å². The number of halogens is 2. The minimum atomic E-state index is -0.480. The monoisotopic (exact) mass is 341 g/mol. The van der Waals surface area contributed by atoms with Gasteiger partial charge in [0.15, 0.2) is 0 Å². The molecule has 2 aliphatic heterocycles. The van der Waals surface area contributed by atoms with Crippen LogP contribution in [0.3, 0.4) is 0 Å². The fraction of sp³-hybridized carbons (Fsp3) is 0.562. The van der Waals surface area contributed by atoms with Gasteiger partial charge < -0.3 is 15.0 Å². The number of carbonyl (C=O) groups excluding carboxylic acids is 1. The number of amides is 2. The predicted molar refractivity (Wildman–Crippen MR) is 87.4 cm³/mol. The van der Waals surface area contributed by atoms with Gasteiger partial charge in [-0.15, -0.1) is 0 Å². The lowest BCUT2D eigenvalue weighted by atomic mass is 10.1. The molecule has 0 unspecified atom stereocenters. The van der Waals surface area contributed by atoms with E-state index in [0.29, 0.717) is 24.0 Å². The normalized spacial score (nSPS) is 22.3. The lowest BCUT2D eigenvalue weighted by molar-refractivity contribution is 0.0314. The van der Waals surface area contributed by atoms with Crippen molar-refractivity contribution in [2.45, 2.75) is 6.42 Å². The molecular formula is C16H21ClFN3O2. The molecule has 3 rings (SSSR count). The number of morpholine rings is 1. The van der Waals surface area contributed by atoms with Gasteiger partial charge in [-0.1, -0.05) is 11.6 Å². The van der Waals surface area contributed by atoms with Crippen molar-refractivity contribution in [3.63, 3.8) is 0 Å². The lowest BCUT2D eigenvalue weighted by Crippen LogP contribution is -2.40. The first-order valence-corrected chi connectivity index (χ1v) is 8.30. The molecule has 2 aliphatic rings. The van der Waals surface area contributed by atoms with Crippen molar-refractivity contribution >= 4 is 23.3 Å². The summed E-state index contributed by atoms with van der Waals surface area (Å²) in [5.41, 5.74) is 0.124. The number of nitrogens with one attached hydrogen (secondary N) is 1. The minimum Gasteiger partial charge on any atom is -0.379 e. The first kappa shape index (κ1) is 16.5. The Kier molecular flexibility index (Phi) is 5.35. The third kappa shape index (κ3) is 4.34. The smallest absolute Gasteiger partial charge is 0.321 e. The van der Waals surface area contributed by atoms with Gasteiger partial charge in [-0.05, 0) is 30.5 Å². The fourth-order valence-corrected chi connectivity index (χ4v) is 3.27. The van der Waals surface area contributed by atoms with Crippen LogP contribution >= 0.6 is 11.6 Å². The summed E-state index contributed by atoms with van der Waals surface area (Å²) >= 11 is 5.84. The number of benzene rings is 1. The minimum absolute atomic E-state index is 0.124. The molecule has 1 N–H and O–H groups in total. The van der Waals surface area contributed by atoms with E-state index >= 15 is 0 Å². The molecule has 0 aliphatic carbocycles. The highest BCUT2D eigenvalue weighted by Gasteiger charge is 2.28. The zero-order chi connectivity index (χ0) is 16.2. The molecule has 126 valence electrons. The van der Waals surface area contributed by atoms with Crippen molar-refractivity contribution in [1.29, 1.82) is 0 Å². The zero-order valence-corrected chi connectivity index (χ0v) is 13.7. The predicted octanol–water partition coefficient (Wildman–Crippen LogP) is 2.67. The van der Waals surface area contributed by atoms with E-state index in [-0.39, 0.29) is 11.7 Å². The van der Waals surface area contributed by atoms with Crippen molar-refractivity contribution in [2.24, 2.45) is 5.92 Å². The maximum atomic E-state index is 13.7. The number of likely N-dealkylation sites (tertiary alicyclic amines) is 1. The third-order valence-corrected chi connectivity index (χ3v) is 4.60. The molecule has 2 heterocycles. The van der Waals surface area contributed by atoms with E-state index in [9.17, 15) is 9.18 Å². The number of hydrogen-bond donors (Lipinski definition) is 1. The summed E-state index contributed by atoms with van der Waals surface area (Å²) in [6, 6.07) is 3.87. The van der Waals surface area contributed by atoms with E-state index in [1.165, 1.54) is 18.2 Å². The molecule has 0 saturated carbocycles. The summed E-state index contributed by atoms with van der Waals surface area (Å²) in [5.74, 6) is -0.0186. The Morgan fingerprint density at radius 3 is 2.91 bits per heavy atom. The molecule has 0 radical (unpaired) electrons. The molecule has 0 aromatic heterocycles. The average Bonchev–Trinajstić information content (AvgIpc) is 3.00. The molecule has 23 heavy (non-hydrogen) atoms. The molecule has 2 amide bonds. The van der Waals surface area contributed by atoms with Crippen LogP contribution in [0, 0.1) is 11.7 Å². The number of carbonyl (C=O) groups is 1. The number of anilines is 1. The van der Waals surface area contributed by atoms with Gasteiger partial charge in [-0.2, -0.15) is 0 Å². The van der Waals surface area contributed by atoms with E-state index in [4.69, 9.17) is 16.3 Å². The molecule has 1 atom stereocenters. The van der Waals surface area contributed by atoms with E-state index in [1.54, 1.807) is 4.90 Å². The van der Waals surface area contributed by atoms with Gasteiger partial charge >= 0.3 is 6.03 Å². The van der Waals surface area contributed by atoms with Gasteiger partial charge in [0.05, 0.1) is 18.9 Å². The van der Waals surface area contributed by atoms with Crippen LogP contribution in [0.15, 0.2) is 18.2 Å². The van der Waals surface area contributed by atoms with Crippen LogP contribution in [0.1, 0.15) is 6.42 Å². The average molecular weight is 342 g/mol. The van der Waals surface area contributed by atoms with Crippen LogP contribution in [0.5, 0.6) is 0 Å². The van der Waals surface area contributed by atoms with E-state index in [1.807, 2.05) is 0 Å². The second-order valence-electron chi connectivity index (χ2n) is 6.07. The molecular weight excluding hydrogens is 321 g/mol. The summed E-state index contributed by atoms with van der Waals surface area (Å²) in [7, 11) is 0. The van der Waals surface area contributed by atoms with Gasteiger partial charge in [-0.25, -0.2) is 9.18 Å². The Balaban J connectivity index is 1.51. The lowest BCUT2D eigenvalue weighted by Gasteiger charge is -2.29. The third-order valence-electron chi connectivity index (χ3n) is 4.36. The van der Waals surface area contributed by atoms with Crippen LogP contribution in [0.4, 0.5) is 14.9 Å². The van der Waals surface area contributed by atoms with Crippen LogP contribution < -0.4 is 5.32 Å². The molecule has 1 aromatic rings. The molecule has 1 aromatic carbocycles. The molecule has 0 bridgehead atoms. The number of nitrogens with zero attached hydrogens (tertiary/aromatic N) is 2. The Labute approximate surface area is 140 Å². The second-order valence-corrected chi connectivity index (χ2v) is 6.50. The summed E-state index contributed by atoms with van der Waals surface area (Å²) < 4.78 is 19.0. The van der Waals surface area contributed by atoms with Crippen LogP contribution in [-0.2, 0) is 4.74 Å². The van der Waals surface area contributed by atoms with Crippen molar-refractivity contribution in [3.05, 3.63) is 29.0 Å². The van der Waals surface area contributed by atoms with Crippen molar-refractivity contribution in [2.75, 3.05) is 51.3 Å². The summed E-state index contributed by atoms with van der Waals surface area (Å²) in [5, 5.41) is 3.01. The van der Waals surface area contributed by atoms with Gasteiger partial charge in [0.25, 0.3) is 0 Å². The van der Waals surface area contributed by atoms with Crippen molar-refractivity contribution in [1.82, 2.24) is 9.80 Å². The number of urea groups is 1. The van der Waals surface area contributed by atoms with E-state index < -0.39 is 5.82 Å². The van der Waals surface area contributed by atoms with Gasteiger partial charge in [0, 0.05) is 37.7 Å². The van der Waals surface area contributed by atoms with Gasteiger partial charge in [0.1, 0.15) is 5.82 Å². The Morgan fingerprint density at radius 1 is 1.35 bits per heavy atom. The highest BCUT2D eigenvalue weighted by molar-refractivity contribution is 6.30. The van der Waals surface area contributed by atoms with Crippen molar-refractivity contribution < 1.29 is 13.9 Å². The molecule has 7 heteroatoms. The number of ether oxygens (including phenoxy) is 1. The standard InChI is InChI=1S/C16H21ClFN3O2/c17-13-1-2-14(18)15(9-13)19-16(22)21-4-3-12(11-21)10-20-5-7-23-8-6-20/h1-2,9,12H,3-8,10-11H2,(H,19,22)/t12-/m0/s1. The van der Waals surface area contributed by atoms with E-state index in [0.717, 1.165) is 39.3 Å². The summed E-state index contributed by atoms with van der Waals surface area (Å²) in [6.07, 6.45) is 0.975. The van der Waals surface area contributed by atoms with Gasteiger partial charge in [0.2, 0.25) is 0 Å². The second kappa shape index (κ2) is 7.47. The van der Waals surface area contributed by atoms with Gasteiger partial charge in [-0.3, -0.25) is 4.90 Å². The SMILES string of the molecule is O=C(Nc1cc(Cl)ccc1F)N1CC[C@@H](CN2CCOCC2)C1. The number of rotatable bonds is 3. The molecule has 0 spiro atoms. The Morgan fingerprint density at radius 2 is 2.13 bits per heavy atom. The highest BCUT2D eigenvalue weighted by atomic mass is 35.5. The zero-order valence-electron chi connectivity index (χ0n) is 12.9. The summed E-state index contributed by atoms with van der Waals surface area (Å²) in [4.78, 5) is 16.4. The Bertz CT molecular complexity index is 566. The van der Waals surface area contributed by atoms with Crippen molar-refractivity contribution in [3.8, 4) is 0 Å². The van der Waals surface area contributed by atoms with Crippen LogP contribution in [0.2, 0.25) is 5.02 Å². The topological polar surface area (TPSA) is 44.8 Å². The first-order chi connectivity index (χ1) is 11.1. The van der Waals surface area contributed by atoms with E-state index in [2.05, 4.69) is 10.2 Å². The van der Waals surface area contributed by atoms with Crippen LogP contribution in [0.25, 0.3) is 0 Å².